The second kappa shape index (κ2) is 3.89. The maximum absolute atomic E-state index is 10.9. The van der Waals surface area contributed by atoms with E-state index in [4.69, 9.17) is 5.11 Å². The predicted octanol–water partition coefficient (Wildman–Crippen LogP) is 1.58. The first-order chi connectivity index (χ1) is 6.68. The molecule has 0 bridgehead atoms. The molecule has 0 aromatic rings. The summed E-state index contributed by atoms with van der Waals surface area (Å²) in [6.45, 7) is 4.17. The molecule has 1 aliphatic carbocycles. The Morgan fingerprint density at radius 1 is 1.36 bits per heavy atom. The molecule has 1 saturated heterocycles. The Morgan fingerprint density at radius 2 is 2.14 bits per heavy atom. The van der Waals surface area contributed by atoms with Gasteiger partial charge in [-0.2, -0.15) is 0 Å². The summed E-state index contributed by atoms with van der Waals surface area (Å²) >= 11 is 0. The van der Waals surface area contributed by atoms with Crippen LogP contribution >= 0.6 is 0 Å². The molecule has 14 heavy (non-hydrogen) atoms. The molecule has 0 spiro atoms. The number of likely N-dealkylation sites (tertiary alicyclic amines) is 1. The smallest absolute Gasteiger partial charge is 0.307 e. The van der Waals surface area contributed by atoms with E-state index in [1.54, 1.807) is 0 Å². The molecule has 0 aromatic carbocycles. The standard InChI is InChI=1S/C11H19NO2/c1-8-4-5-10(8)12-6-2-3-9(7-12)11(13)14/h8-10H,2-7H2,1H3,(H,13,14). The zero-order valence-corrected chi connectivity index (χ0v) is 8.78. The van der Waals surface area contributed by atoms with Crippen LogP contribution in [0, 0.1) is 11.8 Å². The monoisotopic (exact) mass is 197 g/mol. The number of piperidine rings is 1. The Kier molecular flexibility index (Phi) is 2.77. The number of aliphatic carboxylic acids is 1. The Balaban J connectivity index is 1.90. The van der Waals surface area contributed by atoms with E-state index >= 15 is 0 Å². The lowest BCUT2D eigenvalue weighted by atomic mass is 9.78. The van der Waals surface area contributed by atoms with Gasteiger partial charge in [0.05, 0.1) is 5.92 Å². The first-order valence-electron chi connectivity index (χ1n) is 5.65. The second-order valence-electron chi connectivity index (χ2n) is 4.79. The van der Waals surface area contributed by atoms with Crippen molar-refractivity contribution in [1.29, 1.82) is 0 Å². The van der Waals surface area contributed by atoms with Gasteiger partial charge in [0, 0.05) is 12.6 Å². The van der Waals surface area contributed by atoms with Gasteiger partial charge in [-0.25, -0.2) is 0 Å². The Labute approximate surface area is 85.1 Å². The molecule has 1 aliphatic heterocycles. The summed E-state index contributed by atoms with van der Waals surface area (Å²) in [6, 6.07) is 0.678. The normalized spacial score (nSPS) is 39.1. The van der Waals surface area contributed by atoms with Crippen molar-refractivity contribution in [1.82, 2.24) is 4.90 Å². The fourth-order valence-corrected chi connectivity index (χ4v) is 2.70. The molecule has 2 rings (SSSR count). The first-order valence-corrected chi connectivity index (χ1v) is 5.65. The van der Waals surface area contributed by atoms with E-state index in [9.17, 15) is 4.79 Å². The minimum absolute atomic E-state index is 0.114. The van der Waals surface area contributed by atoms with Gasteiger partial charge in [0.25, 0.3) is 0 Å². The number of carbonyl (C=O) groups is 1. The fraction of sp³-hybridized carbons (Fsp3) is 0.909. The van der Waals surface area contributed by atoms with Crippen molar-refractivity contribution < 1.29 is 9.90 Å². The van der Waals surface area contributed by atoms with E-state index in [0.717, 1.165) is 31.8 Å². The summed E-state index contributed by atoms with van der Waals surface area (Å²) < 4.78 is 0. The van der Waals surface area contributed by atoms with Crippen LogP contribution in [0.5, 0.6) is 0 Å². The maximum Gasteiger partial charge on any atom is 0.307 e. The second-order valence-corrected chi connectivity index (χ2v) is 4.79. The summed E-state index contributed by atoms with van der Waals surface area (Å²) in [7, 11) is 0. The lowest BCUT2D eigenvalue weighted by Gasteiger charge is -2.45. The Bertz CT molecular complexity index is 229. The van der Waals surface area contributed by atoms with Crippen LogP contribution in [0.15, 0.2) is 0 Å². The van der Waals surface area contributed by atoms with Crippen molar-refractivity contribution in [2.45, 2.75) is 38.6 Å². The zero-order valence-electron chi connectivity index (χ0n) is 8.78. The lowest BCUT2D eigenvalue weighted by molar-refractivity contribution is -0.144. The number of hydrogen-bond acceptors (Lipinski definition) is 2. The average Bonchev–Trinajstić information content (AvgIpc) is 2.16. The quantitative estimate of drug-likeness (QED) is 0.730. The number of carboxylic acids is 1. The summed E-state index contributed by atoms with van der Waals surface area (Å²) in [5, 5.41) is 8.97. The summed E-state index contributed by atoms with van der Waals surface area (Å²) in [5.41, 5.74) is 0. The van der Waals surface area contributed by atoms with Gasteiger partial charge in [0.2, 0.25) is 0 Å². The van der Waals surface area contributed by atoms with Crippen molar-refractivity contribution in [3.05, 3.63) is 0 Å². The highest BCUT2D eigenvalue weighted by atomic mass is 16.4. The zero-order chi connectivity index (χ0) is 10.1. The highest BCUT2D eigenvalue weighted by Gasteiger charge is 2.36. The van der Waals surface area contributed by atoms with Crippen molar-refractivity contribution in [2.75, 3.05) is 13.1 Å². The SMILES string of the molecule is CC1CCC1N1CCCC(C(=O)O)C1. The number of rotatable bonds is 2. The van der Waals surface area contributed by atoms with E-state index in [1.807, 2.05) is 0 Å². The van der Waals surface area contributed by atoms with E-state index in [0.29, 0.717) is 6.04 Å². The molecule has 80 valence electrons. The van der Waals surface area contributed by atoms with Crippen LogP contribution in [0.2, 0.25) is 0 Å². The number of carboxylic acid groups (broad SMARTS) is 1. The minimum Gasteiger partial charge on any atom is -0.481 e. The molecule has 3 unspecified atom stereocenters. The molecule has 3 heteroatoms. The van der Waals surface area contributed by atoms with Crippen LogP contribution in [-0.4, -0.2) is 35.1 Å². The molecule has 3 nitrogen and oxygen atoms in total. The highest BCUT2D eigenvalue weighted by molar-refractivity contribution is 5.70. The van der Waals surface area contributed by atoms with Crippen LogP contribution in [0.1, 0.15) is 32.6 Å². The van der Waals surface area contributed by atoms with Gasteiger partial charge in [-0.05, 0) is 38.1 Å². The van der Waals surface area contributed by atoms with Gasteiger partial charge in [-0.1, -0.05) is 6.92 Å². The van der Waals surface area contributed by atoms with Gasteiger partial charge >= 0.3 is 5.97 Å². The van der Waals surface area contributed by atoms with Crippen LogP contribution in [0.4, 0.5) is 0 Å². The minimum atomic E-state index is -0.610. The third kappa shape index (κ3) is 1.78. The van der Waals surface area contributed by atoms with Gasteiger partial charge in [0.15, 0.2) is 0 Å². The van der Waals surface area contributed by atoms with E-state index in [2.05, 4.69) is 11.8 Å². The van der Waals surface area contributed by atoms with Crippen LogP contribution < -0.4 is 0 Å². The average molecular weight is 197 g/mol. The fourth-order valence-electron chi connectivity index (χ4n) is 2.70. The third-order valence-electron chi connectivity index (χ3n) is 3.85. The summed E-state index contributed by atoms with van der Waals surface area (Å²) in [6.07, 6.45) is 4.51. The van der Waals surface area contributed by atoms with E-state index < -0.39 is 5.97 Å². The Morgan fingerprint density at radius 3 is 2.64 bits per heavy atom. The van der Waals surface area contributed by atoms with Gasteiger partial charge in [-0.15, -0.1) is 0 Å². The third-order valence-corrected chi connectivity index (χ3v) is 3.85. The largest absolute Gasteiger partial charge is 0.481 e. The topological polar surface area (TPSA) is 40.5 Å². The molecular formula is C11H19NO2. The van der Waals surface area contributed by atoms with Crippen molar-refractivity contribution >= 4 is 5.97 Å². The number of hydrogen-bond donors (Lipinski definition) is 1. The van der Waals surface area contributed by atoms with Gasteiger partial charge in [-0.3, -0.25) is 9.69 Å². The molecule has 0 radical (unpaired) electrons. The molecule has 2 fully saturated rings. The predicted molar refractivity (Wildman–Crippen MR) is 54.1 cm³/mol. The molecule has 1 N–H and O–H groups in total. The van der Waals surface area contributed by atoms with Crippen LogP contribution in [0.3, 0.4) is 0 Å². The molecule has 1 heterocycles. The number of nitrogens with zero attached hydrogens (tertiary/aromatic N) is 1. The molecule has 0 amide bonds. The molecule has 1 saturated carbocycles. The lowest BCUT2D eigenvalue weighted by Crippen LogP contribution is -2.51. The van der Waals surface area contributed by atoms with Crippen LogP contribution in [-0.2, 0) is 4.79 Å². The summed E-state index contributed by atoms with van der Waals surface area (Å²) in [5.74, 6) is 0.0563. The van der Waals surface area contributed by atoms with Crippen LogP contribution in [0.25, 0.3) is 0 Å². The molecule has 0 aromatic heterocycles. The van der Waals surface area contributed by atoms with E-state index in [-0.39, 0.29) is 5.92 Å². The van der Waals surface area contributed by atoms with Gasteiger partial charge in [0.1, 0.15) is 0 Å². The van der Waals surface area contributed by atoms with E-state index in [1.165, 1.54) is 12.8 Å². The summed E-state index contributed by atoms with van der Waals surface area (Å²) in [4.78, 5) is 13.3. The molecule has 2 aliphatic rings. The van der Waals surface area contributed by atoms with Gasteiger partial charge < -0.3 is 5.11 Å². The van der Waals surface area contributed by atoms with Crippen molar-refractivity contribution in [3.8, 4) is 0 Å². The molecular weight excluding hydrogens is 178 g/mol. The maximum atomic E-state index is 10.9. The Hall–Kier alpha value is -0.570. The van der Waals surface area contributed by atoms with Crippen molar-refractivity contribution in [3.63, 3.8) is 0 Å². The molecule has 3 atom stereocenters. The highest BCUT2D eigenvalue weighted by Crippen LogP contribution is 2.34. The van der Waals surface area contributed by atoms with Crippen molar-refractivity contribution in [2.24, 2.45) is 11.8 Å². The first kappa shape index (κ1) is 9.97.